The van der Waals surface area contributed by atoms with Crippen molar-refractivity contribution in [3.05, 3.63) is 23.8 Å². The first-order valence-corrected chi connectivity index (χ1v) is 5.16. The van der Waals surface area contributed by atoms with E-state index >= 15 is 0 Å². The monoisotopic (exact) mass is 226 g/mol. The molecule has 0 aliphatic carbocycles. The maximum atomic E-state index is 9.57. The van der Waals surface area contributed by atoms with Gasteiger partial charge in [0.15, 0.2) is 0 Å². The van der Waals surface area contributed by atoms with Crippen molar-refractivity contribution in [2.75, 3.05) is 27.4 Å². The molecule has 90 valence electrons. The SMILES string of the molecule is COCCOc1cc(OC)ccc1C(C)O. The molecule has 4 nitrogen and oxygen atoms in total. The lowest BCUT2D eigenvalue weighted by atomic mass is 10.1. The minimum Gasteiger partial charge on any atom is -0.497 e. The fourth-order valence-corrected chi connectivity index (χ4v) is 1.35. The summed E-state index contributed by atoms with van der Waals surface area (Å²) in [7, 11) is 3.21. The lowest BCUT2D eigenvalue weighted by Crippen LogP contribution is -2.07. The first-order valence-electron chi connectivity index (χ1n) is 5.16. The van der Waals surface area contributed by atoms with E-state index in [0.29, 0.717) is 24.7 Å². The van der Waals surface area contributed by atoms with E-state index in [-0.39, 0.29) is 0 Å². The minimum absolute atomic E-state index is 0.448. The Kier molecular flexibility index (Phi) is 5.08. The Morgan fingerprint density at radius 3 is 2.56 bits per heavy atom. The maximum absolute atomic E-state index is 9.57. The second kappa shape index (κ2) is 6.35. The van der Waals surface area contributed by atoms with Gasteiger partial charge in [-0.3, -0.25) is 0 Å². The highest BCUT2D eigenvalue weighted by Crippen LogP contribution is 2.29. The third-order valence-corrected chi connectivity index (χ3v) is 2.22. The van der Waals surface area contributed by atoms with Gasteiger partial charge in [0.25, 0.3) is 0 Å². The molecule has 0 saturated carbocycles. The minimum atomic E-state index is -0.566. The second-order valence-electron chi connectivity index (χ2n) is 3.42. The van der Waals surface area contributed by atoms with Crippen molar-refractivity contribution in [1.29, 1.82) is 0 Å². The molecule has 1 unspecified atom stereocenters. The fraction of sp³-hybridized carbons (Fsp3) is 0.500. The summed E-state index contributed by atoms with van der Waals surface area (Å²) in [4.78, 5) is 0. The summed E-state index contributed by atoms with van der Waals surface area (Å²) >= 11 is 0. The van der Waals surface area contributed by atoms with Crippen molar-refractivity contribution in [2.24, 2.45) is 0 Å². The second-order valence-corrected chi connectivity index (χ2v) is 3.42. The average Bonchev–Trinajstić information content (AvgIpc) is 2.29. The first kappa shape index (κ1) is 12.8. The number of aliphatic hydroxyl groups is 1. The predicted molar refractivity (Wildman–Crippen MR) is 61.0 cm³/mol. The van der Waals surface area contributed by atoms with E-state index in [9.17, 15) is 5.11 Å². The van der Waals surface area contributed by atoms with E-state index in [4.69, 9.17) is 14.2 Å². The molecule has 4 heteroatoms. The first-order chi connectivity index (χ1) is 7.69. The van der Waals surface area contributed by atoms with Crippen LogP contribution in [0.2, 0.25) is 0 Å². The molecule has 0 amide bonds. The van der Waals surface area contributed by atoms with Crippen molar-refractivity contribution in [3.8, 4) is 11.5 Å². The molecule has 0 saturated heterocycles. The fourth-order valence-electron chi connectivity index (χ4n) is 1.35. The third-order valence-electron chi connectivity index (χ3n) is 2.22. The topological polar surface area (TPSA) is 47.9 Å². The smallest absolute Gasteiger partial charge is 0.128 e. The third kappa shape index (κ3) is 3.40. The van der Waals surface area contributed by atoms with Crippen LogP contribution in [0, 0.1) is 0 Å². The van der Waals surface area contributed by atoms with Gasteiger partial charge in [-0.25, -0.2) is 0 Å². The molecular weight excluding hydrogens is 208 g/mol. The van der Waals surface area contributed by atoms with E-state index in [1.807, 2.05) is 0 Å². The lowest BCUT2D eigenvalue weighted by molar-refractivity contribution is 0.140. The van der Waals surface area contributed by atoms with Crippen LogP contribution in [0.4, 0.5) is 0 Å². The van der Waals surface area contributed by atoms with Crippen molar-refractivity contribution >= 4 is 0 Å². The van der Waals surface area contributed by atoms with E-state index in [0.717, 1.165) is 5.56 Å². The van der Waals surface area contributed by atoms with Crippen LogP contribution in [0.25, 0.3) is 0 Å². The summed E-state index contributed by atoms with van der Waals surface area (Å²) in [6.07, 6.45) is -0.566. The Bertz CT molecular complexity index is 323. The van der Waals surface area contributed by atoms with Gasteiger partial charge in [-0.15, -0.1) is 0 Å². The van der Waals surface area contributed by atoms with E-state index in [2.05, 4.69) is 0 Å². The Balaban J connectivity index is 2.83. The Morgan fingerprint density at radius 2 is 2.00 bits per heavy atom. The van der Waals surface area contributed by atoms with Gasteiger partial charge >= 0.3 is 0 Å². The molecule has 0 radical (unpaired) electrons. The molecule has 1 atom stereocenters. The van der Waals surface area contributed by atoms with E-state index < -0.39 is 6.10 Å². The van der Waals surface area contributed by atoms with Crippen molar-refractivity contribution in [2.45, 2.75) is 13.0 Å². The molecule has 0 bridgehead atoms. The van der Waals surface area contributed by atoms with Gasteiger partial charge in [-0.2, -0.15) is 0 Å². The maximum Gasteiger partial charge on any atom is 0.128 e. The predicted octanol–water partition coefficient (Wildman–Crippen LogP) is 1.77. The zero-order valence-corrected chi connectivity index (χ0v) is 9.90. The zero-order valence-electron chi connectivity index (χ0n) is 9.90. The highest BCUT2D eigenvalue weighted by atomic mass is 16.5. The van der Waals surface area contributed by atoms with Crippen molar-refractivity contribution in [1.82, 2.24) is 0 Å². The van der Waals surface area contributed by atoms with Crippen LogP contribution < -0.4 is 9.47 Å². The molecule has 0 fully saturated rings. The molecule has 0 aromatic heterocycles. The molecule has 1 aromatic rings. The summed E-state index contributed by atoms with van der Waals surface area (Å²) < 4.78 is 15.5. The normalized spacial score (nSPS) is 12.2. The number of rotatable bonds is 6. The van der Waals surface area contributed by atoms with Crippen LogP contribution in [-0.2, 0) is 4.74 Å². The highest BCUT2D eigenvalue weighted by molar-refractivity contribution is 5.41. The molecule has 16 heavy (non-hydrogen) atoms. The molecule has 0 heterocycles. The van der Waals surface area contributed by atoms with Crippen LogP contribution >= 0.6 is 0 Å². The van der Waals surface area contributed by atoms with Gasteiger partial charge in [-0.05, 0) is 19.1 Å². The standard InChI is InChI=1S/C12H18O4/c1-9(13)11-5-4-10(15-3)8-12(11)16-7-6-14-2/h4-5,8-9,13H,6-7H2,1-3H3. The van der Waals surface area contributed by atoms with Crippen LogP contribution in [0.15, 0.2) is 18.2 Å². The van der Waals surface area contributed by atoms with Crippen molar-refractivity contribution < 1.29 is 19.3 Å². The van der Waals surface area contributed by atoms with Crippen LogP contribution in [-0.4, -0.2) is 32.5 Å². The Morgan fingerprint density at radius 1 is 1.25 bits per heavy atom. The summed E-state index contributed by atoms with van der Waals surface area (Å²) in [5, 5.41) is 9.57. The van der Waals surface area contributed by atoms with Crippen LogP contribution in [0.5, 0.6) is 11.5 Å². The molecule has 1 N–H and O–H groups in total. The number of hydrogen-bond donors (Lipinski definition) is 1. The molecule has 0 aliphatic rings. The number of aliphatic hydroxyl groups excluding tert-OH is 1. The van der Waals surface area contributed by atoms with Crippen LogP contribution in [0.3, 0.4) is 0 Å². The van der Waals surface area contributed by atoms with Crippen LogP contribution in [0.1, 0.15) is 18.6 Å². The summed E-state index contributed by atoms with van der Waals surface area (Å²) in [6, 6.07) is 5.36. The molecule has 1 rings (SSSR count). The van der Waals surface area contributed by atoms with Crippen molar-refractivity contribution in [3.63, 3.8) is 0 Å². The quantitative estimate of drug-likeness (QED) is 0.751. The zero-order chi connectivity index (χ0) is 12.0. The van der Waals surface area contributed by atoms with Gasteiger partial charge in [0.1, 0.15) is 18.1 Å². The highest BCUT2D eigenvalue weighted by Gasteiger charge is 2.10. The Hall–Kier alpha value is -1.26. The number of hydrogen-bond acceptors (Lipinski definition) is 4. The summed E-state index contributed by atoms with van der Waals surface area (Å²) in [6.45, 7) is 2.66. The van der Waals surface area contributed by atoms with E-state index in [1.165, 1.54) is 0 Å². The molecule has 0 aliphatic heterocycles. The lowest BCUT2D eigenvalue weighted by Gasteiger charge is -2.14. The van der Waals surface area contributed by atoms with Gasteiger partial charge < -0.3 is 19.3 Å². The summed E-state index contributed by atoms with van der Waals surface area (Å²) in [5.74, 6) is 1.34. The van der Waals surface area contributed by atoms with E-state index in [1.54, 1.807) is 39.3 Å². The molecular formula is C12H18O4. The molecule has 0 spiro atoms. The largest absolute Gasteiger partial charge is 0.497 e. The summed E-state index contributed by atoms with van der Waals surface area (Å²) in [5.41, 5.74) is 0.747. The molecule has 1 aromatic carbocycles. The van der Waals surface area contributed by atoms with Gasteiger partial charge in [0, 0.05) is 18.7 Å². The van der Waals surface area contributed by atoms with Gasteiger partial charge in [0.2, 0.25) is 0 Å². The van der Waals surface area contributed by atoms with Gasteiger partial charge in [0.05, 0.1) is 19.8 Å². The van der Waals surface area contributed by atoms with Gasteiger partial charge in [-0.1, -0.05) is 0 Å². The average molecular weight is 226 g/mol. The number of ether oxygens (including phenoxy) is 3. The number of benzene rings is 1. The Labute approximate surface area is 95.8 Å². The number of methoxy groups -OCH3 is 2.